The van der Waals surface area contributed by atoms with Crippen LogP contribution in [0.3, 0.4) is 0 Å². The molecule has 1 unspecified atom stereocenters. The second-order valence-corrected chi connectivity index (χ2v) is 9.25. The first-order valence-corrected chi connectivity index (χ1v) is 11.6. The number of fused-ring (bicyclic) bond motifs is 1. The molecule has 0 fully saturated rings. The summed E-state index contributed by atoms with van der Waals surface area (Å²) in [6, 6.07) is 10.8. The third kappa shape index (κ3) is 4.57. The second kappa shape index (κ2) is 9.58. The molecule has 1 aliphatic rings. The van der Waals surface area contributed by atoms with Gasteiger partial charge in [-0.3, -0.25) is 14.2 Å². The van der Waals surface area contributed by atoms with Gasteiger partial charge < -0.3 is 9.47 Å². The minimum absolute atomic E-state index is 0.242. The van der Waals surface area contributed by atoms with Crippen LogP contribution in [0.25, 0.3) is 6.08 Å². The zero-order chi connectivity index (χ0) is 24.6. The molecule has 1 aliphatic heterocycles. The molecule has 0 bridgehead atoms. The van der Waals surface area contributed by atoms with Crippen LogP contribution >= 0.6 is 34.5 Å². The molecule has 0 saturated carbocycles. The van der Waals surface area contributed by atoms with Gasteiger partial charge in [-0.15, -0.1) is 0 Å². The van der Waals surface area contributed by atoms with Crippen molar-refractivity contribution in [2.24, 2.45) is 4.99 Å². The minimum Gasteiger partial charge on any atom is -0.466 e. The predicted octanol–water partition coefficient (Wildman–Crippen LogP) is 3.64. The molecule has 0 spiro atoms. The lowest BCUT2D eigenvalue weighted by Crippen LogP contribution is -2.39. The zero-order valence-electron chi connectivity index (χ0n) is 18.3. The lowest BCUT2D eigenvalue weighted by Gasteiger charge is -2.24. The summed E-state index contributed by atoms with van der Waals surface area (Å²) in [6.45, 7) is 3.00. The monoisotopic (exact) mass is 516 g/mol. The third-order valence-electron chi connectivity index (χ3n) is 5.13. The molecule has 1 aromatic heterocycles. The minimum atomic E-state index is -0.780. The van der Waals surface area contributed by atoms with Gasteiger partial charge in [-0.25, -0.2) is 9.79 Å². The molecule has 0 amide bonds. The van der Waals surface area contributed by atoms with Crippen molar-refractivity contribution in [2.45, 2.75) is 19.9 Å². The summed E-state index contributed by atoms with van der Waals surface area (Å²) in [5.41, 5.74) is 1.60. The number of carbonyl (C=O) groups is 2. The van der Waals surface area contributed by atoms with E-state index in [0.29, 0.717) is 42.0 Å². The Balaban J connectivity index is 1.92. The molecule has 0 saturated heterocycles. The van der Waals surface area contributed by atoms with Gasteiger partial charge >= 0.3 is 11.9 Å². The van der Waals surface area contributed by atoms with E-state index in [4.69, 9.17) is 32.7 Å². The van der Waals surface area contributed by atoms with E-state index in [1.54, 1.807) is 55.5 Å². The SMILES string of the molecule is COC(=O)C1=C(C)N=c2sc(=Cc3ccc(Cl)cc3Cl)c(=O)n2C1c1ccc(OC(C)=O)cc1. The number of thiazole rings is 1. The third-order valence-corrected chi connectivity index (χ3v) is 6.68. The molecule has 10 heteroatoms. The van der Waals surface area contributed by atoms with Crippen molar-refractivity contribution in [1.29, 1.82) is 0 Å². The Kier molecular flexibility index (Phi) is 6.74. The predicted molar refractivity (Wildman–Crippen MR) is 130 cm³/mol. The maximum atomic E-state index is 13.5. The Bertz CT molecular complexity index is 1520. The van der Waals surface area contributed by atoms with Gasteiger partial charge in [0.15, 0.2) is 4.80 Å². The number of aromatic nitrogens is 1. The molecule has 4 rings (SSSR count). The standard InChI is InChI=1S/C24H18Cl2N2O5S/c1-12-20(23(31)32-3)21(14-5-8-17(9-6-14)33-13(2)29)28-22(30)19(34-24(28)27-12)10-15-4-7-16(25)11-18(15)26/h4-11,21H,1-3H3. The number of halogens is 2. The number of carbonyl (C=O) groups excluding carboxylic acids is 2. The maximum absolute atomic E-state index is 13.5. The van der Waals surface area contributed by atoms with Crippen LogP contribution in [0.4, 0.5) is 0 Å². The summed E-state index contributed by atoms with van der Waals surface area (Å²) in [5.74, 6) is -0.695. The molecule has 1 atom stereocenters. The molecular formula is C24H18Cl2N2O5S. The fraction of sp³-hybridized carbons (Fsp3) is 0.167. The van der Waals surface area contributed by atoms with Gasteiger partial charge in [0.05, 0.1) is 29.0 Å². The first-order valence-electron chi connectivity index (χ1n) is 10.0. The number of hydrogen-bond acceptors (Lipinski definition) is 7. The van der Waals surface area contributed by atoms with Gasteiger partial charge in [-0.05, 0) is 48.4 Å². The van der Waals surface area contributed by atoms with Crippen molar-refractivity contribution >= 4 is 52.6 Å². The van der Waals surface area contributed by atoms with Crippen LogP contribution in [0, 0.1) is 0 Å². The highest BCUT2D eigenvalue weighted by molar-refractivity contribution is 7.07. The number of nitrogens with zero attached hydrogens (tertiary/aromatic N) is 2. The fourth-order valence-corrected chi connectivity index (χ4v) is 5.15. The normalized spacial score (nSPS) is 15.6. The van der Waals surface area contributed by atoms with E-state index in [1.165, 1.54) is 29.9 Å². The molecule has 0 N–H and O–H groups in total. The van der Waals surface area contributed by atoms with Crippen molar-refractivity contribution in [3.63, 3.8) is 0 Å². The average Bonchev–Trinajstić information content (AvgIpc) is 3.09. The fourth-order valence-electron chi connectivity index (χ4n) is 3.65. The summed E-state index contributed by atoms with van der Waals surface area (Å²) in [5, 5.41) is 0.890. The summed E-state index contributed by atoms with van der Waals surface area (Å²) in [6.07, 6.45) is 1.67. The molecule has 174 valence electrons. The molecule has 7 nitrogen and oxygen atoms in total. The number of benzene rings is 2. The molecule has 2 aromatic carbocycles. The number of ether oxygens (including phenoxy) is 2. The highest BCUT2D eigenvalue weighted by Crippen LogP contribution is 2.31. The van der Waals surface area contributed by atoms with Crippen LogP contribution in [0.2, 0.25) is 10.0 Å². The highest BCUT2D eigenvalue weighted by atomic mass is 35.5. The number of allylic oxidation sites excluding steroid dienone is 1. The van der Waals surface area contributed by atoms with Gasteiger partial charge in [0.25, 0.3) is 5.56 Å². The summed E-state index contributed by atoms with van der Waals surface area (Å²) in [7, 11) is 1.27. The Morgan fingerprint density at radius 3 is 2.47 bits per heavy atom. The average molecular weight is 517 g/mol. The molecule has 0 radical (unpaired) electrons. The smallest absolute Gasteiger partial charge is 0.338 e. The van der Waals surface area contributed by atoms with Crippen LogP contribution in [0.5, 0.6) is 5.75 Å². The van der Waals surface area contributed by atoms with Gasteiger partial charge in [0.1, 0.15) is 5.75 Å². The molecule has 0 aliphatic carbocycles. The van der Waals surface area contributed by atoms with E-state index >= 15 is 0 Å². The quantitative estimate of drug-likeness (QED) is 0.390. The number of hydrogen-bond donors (Lipinski definition) is 0. The van der Waals surface area contributed by atoms with Crippen molar-refractivity contribution < 1.29 is 19.1 Å². The van der Waals surface area contributed by atoms with Crippen LogP contribution in [0.1, 0.15) is 31.0 Å². The summed E-state index contributed by atoms with van der Waals surface area (Å²) in [4.78, 5) is 42.4. The Morgan fingerprint density at radius 1 is 1.15 bits per heavy atom. The number of esters is 2. The first-order chi connectivity index (χ1) is 16.2. The van der Waals surface area contributed by atoms with E-state index in [2.05, 4.69) is 4.99 Å². The van der Waals surface area contributed by atoms with E-state index in [-0.39, 0.29) is 11.1 Å². The van der Waals surface area contributed by atoms with E-state index in [9.17, 15) is 14.4 Å². The van der Waals surface area contributed by atoms with Crippen molar-refractivity contribution in [3.05, 3.63) is 94.6 Å². The Labute approximate surface area is 208 Å². The van der Waals surface area contributed by atoms with Crippen LogP contribution < -0.4 is 19.6 Å². The van der Waals surface area contributed by atoms with E-state index in [1.807, 2.05) is 0 Å². The lowest BCUT2D eigenvalue weighted by molar-refractivity contribution is -0.136. The maximum Gasteiger partial charge on any atom is 0.338 e. The molecular weight excluding hydrogens is 499 g/mol. The van der Waals surface area contributed by atoms with Crippen molar-refractivity contribution in [3.8, 4) is 5.75 Å². The van der Waals surface area contributed by atoms with Gasteiger partial charge in [-0.1, -0.05) is 52.7 Å². The van der Waals surface area contributed by atoms with E-state index in [0.717, 1.165) is 0 Å². The zero-order valence-corrected chi connectivity index (χ0v) is 20.6. The Morgan fingerprint density at radius 2 is 1.85 bits per heavy atom. The molecule has 34 heavy (non-hydrogen) atoms. The van der Waals surface area contributed by atoms with Crippen molar-refractivity contribution in [2.75, 3.05) is 7.11 Å². The summed E-state index contributed by atoms with van der Waals surface area (Å²) < 4.78 is 11.9. The van der Waals surface area contributed by atoms with Crippen LogP contribution in [-0.2, 0) is 14.3 Å². The van der Waals surface area contributed by atoms with Gasteiger partial charge in [-0.2, -0.15) is 0 Å². The molecule has 3 aromatic rings. The largest absolute Gasteiger partial charge is 0.466 e. The first kappa shape index (κ1) is 23.9. The number of methoxy groups -OCH3 is 1. The van der Waals surface area contributed by atoms with Crippen LogP contribution in [0.15, 0.2) is 63.5 Å². The highest BCUT2D eigenvalue weighted by Gasteiger charge is 2.33. The summed E-state index contributed by atoms with van der Waals surface area (Å²) >= 11 is 13.5. The topological polar surface area (TPSA) is 87.0 Å². The van der Waals surface area contributed by atoms with Gasteiger partial charge in [0, 0.05) is 17.0 Å². The number of rotatable bonds is 4. The van der Waals surface area contributed by atoms with Crippen LogP contribution in [-0.4, -0.2) is 23.6 Å². The van der Waals surface area contributed by atoms with Gasteiger partial charge in [0.2, 0.25) is 0 Å². The molecule has 2 heterocycles. The van der Waals surface area contributed by atoms with Crippen molar-refractivity contribution in [1.82, 2.24) is 4.57 Å². The van der Waals surface area contributed by atoms with E-state index < -0.39 is 18.0 Å². The lowest BCUT2D eigenvalue weighted by atomic mass is 9.96. The second-order valence-electron chi connectivity index (χ2n) is 7.40. The Hall–Kier alpha value is -3.20.